The molecule has 2 amide bonds. The molecule has 0 fully saturated rings. The van der Waals surface area contributed by atoms with Crippen molar-refractivity contribution in [2.75, 3.05) is 6.54 Å². The lowest BCUT2D eigenvalue weighted by atomic mass is 9.95. The molecule has 3 aromatic rings. The number of rotatable bonds is 2. The Kier molecular flexibility index (Phi) is 5.37. The summed E-state index contributed by atoms with van der Waals surface area (Å²) in [5.74, 6) is 5.49. The summed E-state index contributed by atoms with van der Waals surface area (Å²) in [6.45, 7) is 3.61. The van der Waals surface area contributed by atoms with E-state index in [0.29, 0.717) is 11.1 Å². The van der Waals surface area contributed by atoms with Gasteiger partial charge in [-0.25, -0.2) is 0 Å². The van der Waals surface area contributed by atoms with E-state index >= 15 is 0 Å². The maximum Gasteiger partial charge on any atom is 0.271 e. The Labute approximate surface area is 182 Å². The molecule has 3 heterocycles. The van der Waals surface area contributed by atoms with Gasteiger partial charge in [-0.1, -0.05) is 30.0 Å². The van der Waals surface area contributed by atoms with Gasteiger partial charge in [-0.2, -0.15) is 5.26 Å². The van der Waals surface area contributed by atoms with Gasteiger partial charge in [0.1, 0.15) is 11.6 Å². The van der Waals surface area contributed by atoms with Crippen LogP contribution in [0.25, 0.3) is 15.5 Å². The average molecular weight is 429 g/mol. The molecule has 0 saturated carbocycles. The van der Waals surface area contributed by atoms with Crippen molar-refractivity contribution in [3.63, 3.8) is 0 Å². The van der Waals surface area contributed by atoms with Gasteiger partial charge in [0.05, 0.1) is 4.88 Å². The lowest BCUT2D eigenvalue weighted by molar-refractivity contribution is -0.140. The molecule has 0 N–H and O–H groups in total. The third kappa shape index (κ3) is 3.59. The number of nitrogens with zero attached hydrogens (tertiary/aromatic N) is 2. The SMILES string of the molecule is CCN1C(=O)C(C#N)=C(C)/C(=C/c2cc3sc(C#Cc4ccccc4)cc3s2)C1=O. The van der Waals surface area contributed by atoms with Gasteiger partial charge in [0.2, 0.25) is 0 Å². The van der Waals surface area contributed by atoms with Crippen LogP contribution in [0.15, 0.2) is 59.2 Å². The van der Waals surface area contributed by atoms with Gasteiger partial charge in [-0.05, 0) is 49.8 Å². The van der Waals surface area contributed by atoms with Crippen LogP contribution < -0.4 is 0 Å². The first kappa shape index (κ1) is 19.8. The summed E-state index contributed by atoms with van der Waals surface area (Å²) in [5.41, 5.74) is 1.83. The second-order valence-corrected chi connectivity index (χ2v) is 8.83. The summed E-state index contributed by atoms with van der Waals surface area (Å²) in [6, 6.07) is 15.9. The number of hydrogen-bond donors (Lipinski definition) is 0. The third-order valence-corrected chi connectivity index (χ3v) is 6.91. The fraction of sp³-hybridized carbons (Fsp3) is 0.125. The molecule has 1 aromatic carbocycles. The van der Waals surface area contributed by atoms with E-state index in [4.69, 9.17) is 0 Å². The molecule has 2 aromatic heterocycles. The highest BCUT2D eigenvalue weighted by molar-refractivity contribution is 7.28. The number of nitriles is 1. The van der Waals surface area contributed by atoms with E-state index in [-0.39, 0.29) is 18.0 Å². The standard InChI is InChI=1S/C24H16N2O2S2/c1-3-26-23(27)19(15(2)20(14-25)24(26)28)11-18-13-22-21(30-18)12-17(29-22)10-9-16-7-5-4-6-8-16/h4-8,11-13H,3H2,1-2H3/b19-11-. The zero-order chi connectivity index (χ0) is 21.3. The molecule has 0 spiro atoms. The van der Waals surface area contributed by atoms with Crippen molar-refractivity contribution in [2.45, 2.75) is 13.8 Å². The first-order valence-corrected chi connectivity index (χ1v) is 10.9. The Morgan fingerprint density at radius 1 is 1.03 bits per heavy atom. The zero-order valence-corrected chi connectivity index (χ0v) is 18.0. The third-order valence-electron chi connectivity index (χ3n) is 4.76. The van der Waals surface area contributed by atoms with E-state index in [9.17, 15) is 14.9 Å². The molecule has 0 unspecified atom stereocenters. The number of carbonyl (C=O) groups is 2. The maximum absolute atomic E-state index is 12.8. The minimum Gasteiger partial charge on any atom is -0.274 e. The second kappa shape index (κ2) is 8.12. The van der Waals surface area contributed by atoms with Crippen LogP contribution in [0, 0.1) is 23.2 Å². The van der Waals surface area contributed by atoms with Crippen molar-refractivity contribution in [3.05, 3.63) is 74.5 Å². The van der Waals surface area contributed by atoms with Crippen molar-refractivity contribution in [1.82, 2.24) is 4.90 Å². The summed E-state index contributed by atoms with van der Waals surface area (Å²) in [6.07, 6.45) is 1.77. The Balaban J connectivity index is 1.68. The number of hydrogen-bond acceptors (Lipinski definition) is 5. The molecule has 0 radical (unpaired) electrons. The van der Waals surface area contributed by atoms with Crippen molar-refractivity contribution >= 4 is 50.0 Å². The van der Waals surface area contributed by atoms with Gasteiger partial charge in [0.15, 0.2) is 0 Å². The molecule has 6 heteroatoms. The number of fused-ring (bicyclic) bond motifs is 1. The highest BCUT2D eigenvalue weighted by Crippen LogP contribution is 2.35. The molecule has 0 aliphatic carbocycles. The van der Waals surface area contributed by atoms with Gasteiger partial charge in [0, 0.05) is 32.0 Å². The van der Waals surface area contributed by atoms with Crippen LogP contribution >= 0.6 is 22.7 Å². The van der Waals surface area contributed by atoms with Crippen molar-refractivity contribution < 1.29 is 9.59 Å². The number of thiophene rings is 2. The summed E-state index contributed by atoms with van der Waals surface area (Å²) in [4.78, 5) is 28.1. The molecular formula is C24H16N2O2S2. The highest BCUT2D eigenvalue weighted by Gasteiger charge is 2.34. The van der Waals surface area contributed by atoms with Crippen LogP contribution in [0.2, 0.25) is 0 Å². The zero-order valence-electron chi connectivity index (χ0n) is 16.4. The molecule has 146 valence electrons. The summed E-state index contributed by atoms with van der Waals surface area (Å²) >= 11 is 3.17. The van der Waals surface area contributed by atoms with Crippen molar-refractivity contribution in [1.29, 1.82) is 5.26 Å². The lowest BCUT2D eigenvalue weighted by Gasteiger charge is -2.26. The molecular weight excluding hydrogens is 412 g/mol. The molecule has 4 rings (SSSR count). The summed E-state index contributed by atoms with van der Waals surface area (Å²) in [7, 11) is 0. The van der Waals surface area contributed by atoms with Crippen LogP contribution in [0.3, 0.4) is 0 Å². The van der Waals surface area contributed by atoms with Crippen LogP contribution in [0.4, 0.5) is 0 Å². The van der Waals surface area contributed by atoms with Gasteiger partial charge in [-0.3, -0.25) is 14.5 Å². The molecule has 0 atom stereocenters. The number of benzene rings is 1. The van der Waals surface area contributed by atoms with Crippen LogP contribution in [0.5, 0.6) is 0 Å². The summed E-state index contributed by atoms with van der Waals surface area (Å²) < 4.78 is 2.19. The minimum absolute atomic E-state index is 0.0274. The largest absolute Gasteiger partial charge is 0.274 e. The Morgan fingerprint density at radius 3 is 2.43 bits per heavy atom. The van der Waals surface area contributed by atoms with Gasteiger partial charge < -0.3 is 0 Å². The lowest BCUT2D eigenvalue weighted by Crippen LogP contribution is -2.42. The fourth-order valence-corrected chi connectivity index (χ4v) is 5.41. The van der Waals surface area contributed by atoms with E-state index in [0.717, 1.165) is 29.6 Å². The quantitative estimate of drug-likeness (QED) is 0.329. The number of likely N-dealkylation sites (N-methyl/N-ethyl adjacent to an activating group) is 1. The molecule has 30 heavy (non-hydrogen) atoms. The average Bonchev–Trinajstić information content (AvgIpc) is 3.29. The predicted molar refractivity (Wildman–Crippen MR) is 121 cm³/mol. The van der Waals surface area contributed by atoms with E-state index in [1.807, 2.05) is 42.5 Å². The minimum atomic E-state index is -0.520. The monoisotopic (exact) mass is 428 g/mol. The molecule has 0 saturated heterocycles. The molecule has 1 aliphatic heterocycles. The van der Waals surface area contributed by atoms with E-state index in [2.05, 4.69) is 17.9 Å². The Hall–Kier alpha value is -3.45. The van der Waals surface area contributed by atoms with Crippen LogP contribution in [0.1, 0.15) is 29.2 Å². The maximum atomic E-state index is 12.8. The Morgan fingerprint density at radius 2 is 1.77 bits per heavy atom. The van der Waals surface area contributed by atoms with Gasteiger partial charge >= 0.3 is 0 Å². The first-order chi connectivity index (χ1) is 14.5. The Bertz CT molecular complexity index is 1310. The molecule has 1 aliphatic rings. The van der Waals surface area contributed by atoms with E-state index < -0.39 is 5.91 Å². The second-order valence-electron chi connectivity index (χ2n) is 6.63. The number of imide groups is 1. The van der Waals surface area contributed by atoms with Crippen LogP contribution in [-0.4, -0.2) is 23.3 Å². The topological polar surface area (TPSA) is 61.2 Å². The molecule has 4 nitrogen and oxygen atoms in total. The van der Waals surface area contributed by atoms with Gasteiger partial charge in [-0.15, -0.1) is 22.7 Å². The van der Waals surface area contributed by atoms with E-state index in [1.165, 1.54) is 0 Å². The van der Waals surface area contributed by atoms with Crippen molar-refractivity contribution in [3.8, 4) is 17.9 Å². The first-order valence-electron chi connectivity index (χ1n) is 9.31. The van der Waals surface area contributed by atoms with Crippen molar-refractivity contribution in [2.24, 2.45) is 0 Å². The van der Waals surface area contributed by atoms with E-state index in [1.54, 1.807) is 42.6 Å². The molecule has 0 bridgehead atoms. The smallest absolute Gasteiger partial charge is 0.271 e. The van der Waals surface area contributed by atoms with Gasteiger partial charge in [0.25, 0.3) is 11.8 Å². The number of amides is 2. The highest BCUT2D eigenvalue weighted by atomic mass is 32.1. The predicted octanol–water partition coefficient (Wildman–Crippen LogP) is 4.97. The number of carbonyl (C=O) groups excluding carboxylic acids is 2. The summed E-state index contributed by atoms with van der Waals surface area (Å²) in [5, 5.41) is 9.36. The van der Waals surface area contributed by atoms with Crippen LogP contribution in [-0.2, 0) is 9.59 Å². The normalized spacial score (nSPS) is 15.5. The fourth-order valence-electron chi connectivity index (χ4n) is 3.20.